The Morgan fingerprint density at radius 3 is 2.48 bits per heavy atom. The number of hydrogen-bond acceptors (Lipinski definition) is 3. The number of hydrogen-bond donors (Lipinski definition) is 1. The minimum atomic E-state index is -2.54. The van der Waals surface area contributed by atoms with Crippen molar-refractivity contribution in [2.75, 3.05) is 11.1 Å². The molecule has 0 atom stereocenters. The van der Waals surface area contributed by atoms with Crippen LogP contribution >= 0.6 is 23.5 Å². The molecule has 2 aromatic rings. The molecule has 0 radical (unpaired) electrons. The summed E-state index contributed by atoms with van der Waals surface area (Å²) in [7, 11) is 0. The molecule has 0 aliphatic rings. The van der Waals surface area contributed by atoms with Gasteiger partial charge < -0.3 is 5.32 Å². The molecule has 1 amide bonds. The molecular formula is C16H14F3NOS2. The van der Waals surface area contributed by atoms with Gasteiger partial charge in [0.25, 0.3) is 5.76 Å². The largest absolute Gasteiger partial charge is 0.324 e. The number of nitrogens with one attached hydrogen (secondary N) is 1. The predicted octanol–water partition coefficient (Wildman–Crippen LogP) is 5.01. The Kier molecular flexibility index (Phi) is 6.85. The first kappa shape index (κ1) is 17.7. The Morgan fingerprint density at radius 2 is 1.78 bits per heavy atom. The number of benzene rings is 2. The van der Waals surface area contributed by atoms with Crippen LogP contribution in [0.25, 0.3) is 0 Å². The summed E-state index contributed by atoms with van der Waals surface area (Å²) in [5.41, 5.74) is 1.29. The van der Waals surface area contributed by atoms with E-state index >= 15 is 0 Å². The van der Waals surface area contributed by atoms with Crippen molar-refractivity contribution in [1.82, 2.24) is 0 Å². The quantitative estimate of drug-likeness (QED) is 0.706. The average Bonchev–Trinajstić information content (AvgIpc) is 2.51. The molecule has 0 aromatic heterocycles. The average molecular weight is 357 g/mol. The molecule has 7 heteroatoms. The Bertz CT molecular complexity index is 650. The minimum Gasteiger partial charge on any atom is -0.324 e. The van der Waals surface area contributed by atoms with Gasteiger partial charge in [0.2, 0.25) is 5.91 Å². The molecule has 0 spiro atoms. The summed E-state index contributed by atoms with van der Waals surface area (Å²) < 4.78 is 37.7. The van der Waals surface area contributed by atoms with E-state index in [1.165, 1.54) is 30.0 Å². The lowest BCUT2D eigenvalue weighted by Crippen LogP contribution is -2.14. The summed E-state index contributed by atoms with van der Waals surface area (Å²) in [5.74, 6) is -2.35. The standard InChI is InChI=1S/C16H14F3NOS2/c17-12-7-5-11(6-8-12)9-22-10-15(21)20-13-3-1-2-4-14(13)23-16(18)19/h1-8,16H,9-10H2,(H,20,21). The molecule has 0 fully saturated rings. The van der Waals surface area contributed by atoms with Gasteiger partial charge in [-0.05, 0) is 29.8 Å². The van der Waals surface area contributed by atoms with Gasteiger partial charge in [0, 0.05) is 10.6 Å². The number of carbonyl (C=O) groups is 1. The minimum absolute atomic E-state index is 0.186. The number of rotatable bonds is 7. The molecule has 0 heterocycles. The molecule has 2 aromatic carbocycles. The third kappa shape index (κ3) is 6.19. The van der Waals surface area contributed by atoms with Crippen molar-refractivity contribution >= 4 is 35.1 Å². The molecule has 0 aliphatic heterocycles. The van der Waals surface area contributed by atoms with Gasteiger partial charge in [-0.15, -0.1) is 11.8 Å². The molecule has 1 N–H and O–H groups in total. The van der Waals surface area contributed by atoms with E-state index in [9.17, 15) is 18.0 Å². The van der Waals surface area contributed by atoms with Gasteiger partial charge in [-0.2, -0.15) is 8.78 Å². The Hall–Kier alpha value is -1.60. The molecule has 0 saturated carbocycles. The second-order valence-corrected chi connectivity index (χ2v) is 6.56. The van der Waals surface area contributed by atoms with Crippen LogP contribution in [-0.2, 0) is 10.5 Å². The summed E-state index contributed by atoms with van der Waals surface area (Å²) in [4.78, 5) is 12.2. The number of thioether (sulfide) groups is 2. The van der Waals surface area contributed by atoms with Gasteiger partial charge in [0.05, 0.1) is 11.4 Å². The normalized spacial score (nSPS) is 10.8. The highest BCUT2D eigenvalue weighted by Crippen LogP contribution is 2.31. The first-order valence-corrected chi connectivity index (χ1v) is 8.74. The fourth-order valence-electron chi connectivity index (χ4n) is 1.80. The summed E-state index contributed by atoms with van der Waals surface area (Å²) in [6, 6.07) is 12.5. The first-order chi connectivity index (χ1) is 11.0. The maximum Gasteiger partial charge on any atom is 0.288 e. The number of para-hydroxylation sites is 1. The van der Waals surface area contributed by atoms with Crippen LogP contribution in [0, 0.1) is 5.82 Å². The van der Waals surface area contributed by atoms with E-state index in [1.54, 1.807) is 30.3 Å². The molecule has 0 unspecified atom stereocenters. The SMILES string of the molecule is O=C(CSCc1ccc(F)cc1)Nc1ccccc1SC(F)F. The highest BCUT2D eigenvalue weighted by atomic mass is 32.2. The van der Waals surface area contributed by atoms with Crippen molar-refractivity contribution in [2.24, 2.45) is 0 Å². The fraction of sp³-hybridized carbons (Fsp3) is 0.188. The van der Waals surface area contributed by atoms with Crippen LogP contribution in [-0.4, -0.2) is 17.4 Å². The van der Waals surface area contributed by atoms with Gasteiger partial charge in [-0.3, -0.25) is 4.79 Å². The number of anilines is 1. The van der Waals surface area contributed by atoms with Gasteiger partial charge in [0.15, 0.2) is 0 Å². The van der Waals surface area contributed by atoms with Crippen LogP contribution in [0.1, 0.15) is 5.56 Å². The van der Waals surface area contributed by atoms with Crippen LogP contribution < -0.4 is 5.32 Å². The van der Waals surface area contributed by atoms with Gasteiger partial charge in [0.1, 0.15) is 5.82 Å². The van der Waals surface area contributed by atoms with Crippen molar-refractivity contribution in [3.8, 4) is 0 Å². The summed E-state index contributed by atoms with van der Waals surface area (Å²) in [6.07, 6.45) is 0. The summed E-state index contributed by atoms with van der Waals surface area (Å²) in [6.45, 7) is 0. The van der Waals surface area contributed by atoms with E-state index in [0.29, 0.717) is 28.1 Å². The van der Waals surface area contributed by atoms with E-state index < -0.39 is 5.76 Å². The molecule has 2 rings (SSSR count). The van der Waals surface area contributed by atoms with Gasteiger partial charge in [-0.1, -0.05) is 36.0 Å². The third-order valence-electron chi connectivity index (χ3n) is 2.79. The molecule has 0 bridgehead atoms. The Labute approximate surface area is 140 Å². The van der Waals surface area contributed by atoms with Crippen LogP contribution in [0.4, 0.5) is 18.9 Å². The van der Waals surface area contributed by atoms with E-state index in [4.69, 9.17) is 0 Å². The van der Waals surface area contributed by atoms with Crippen LogP contribution in [0.2, 0.25) is 0 Å². The Balaban J connectivity index is 1.84. The van der Waals surface area contributed by atoms with Gasteiger partial charge >= 0.3 is 0 Å². The van der Waals surface area contributed by atoms with Crippen LogP contribution in [0.5, 0.6) is 0 Å². The van der Waals surface area contributed by atoms with Crippen molar-refractivity contribution in [1.29, 1.82) is 0 Å². The lowest BCUT2D eigenvalue weighted by Gasteiger charge is -2.10. The number of halogens is 3. The fourth-order valence-corrected chi connectivity index (χ4v) is 3.18. The monoisotopic (exact) mass is 357 g/mol. The number of carbonyl (C=O) groups excluding carboxylic acids is 1. The zero-order valence-electron chi connectivity index (χ0n) is 12.0. The van der Waals surface area contributed by atoms with Crippen molar-refractivity contribution in [2.45, 2.75) is 16.4 Å². The maximum atomic E-state index is 12.8. The van der Waals surface area contributed by atoms with Crippen molar-refractivity contribution in [3.63, 3.8) is 0 Å². The van der Waals surface area contributed by atoms with E-state index in [1.807, 2.05) is 0 Å². The van der Waals surface area contributed by atoms with E-state index in [2.05, 4.69) is 5.32 Å². The molecule has 23 heavy (non-hydrogen) atoms. The predicted molar refractivity (Wildman–Crippen MR) is 89.5 cm³/mol. The zero-order valence-corrected chi connectivity index (χ0v) is 13.6. The van der Waals surface area contributed by atoms with Crippen molar-refractivity contribution in [3.05, 3.63) is 59.9 Å². The maximum absolute atomic E-state index is 12.8. The van der Waals surface area contributed by atoms with Crippen molar-refractivity contribution < 1.29 is 18.0 Å². The van der Waals surface area contributed by atoms with E-state index in [0.717, 1.165) is 5.56 Å². The lowest BCUT2D eigenvalue weighted by atomic mass is 10.2. The smallest absolute Gasteiger partial charge is 0.288 e. The van der Waals surface area contributed by atoms with Crippen LogP contribution in [0.3, 0.4) is 0 Å². The Morgan fingerprint density at radius 1 is 1.09 bits per heavy atom. The summed E-state index contributed by atoms with van der Waals surface area (Å²) in [5, 5.41) is 2.64. The topological polar surface area (TPSA) is 29.1 Å². The molecule has 0 aliphatic carbocycles. The summed E-state index contributed by atoms with van der Waals surface area (Å²) >= 11 is 1.77. The first-order valence-electron chi connectivity index (χ1n) is 6.70. The molecule has 0 saturated heterocycles. The van der Waals surface area contributed by atoms with Crippen LogP contribution in [0.15, 0.2) is 53.4 Å². The molecular weight excluding hydrogens is 343 g/mol. The third-order valence-corrected chi connectivity index (χ3v) is 4.58. The highest BCUT2D eigenvalue weighted by molar-refractivity contribution is 7.99. The number of alkyl halides is 2. The molecule has 122 valence electrons. The highest BCUT2D eigenvalue weighted by Gasteiger charge is 2.11. The second-order valence-electron chi connectivity index (χ2n) is 4.54. The molecule has 2 nitrogen and oxygen atoms in total. The lowest BCUT2D eigenvalue weighted by molar-refractivity contribution is -0.113. The second kappa shape index (κ2) is 8.88. The number of amides is 1. The van der Waals surface area contributed by atoms with E-state index in [-0.39, 0.29) is 17.5 Å². The zero-order chi connectivity index (χ0) is 16.7. The van der Waals surface area contributed by atoms with Gasteiger partial charge in [-0.25, -0.2) is 4.39 Å².